The highest BCUT2D eigenvalue weighted by atomic mass is 16.7. The fourth-order valence-corrected chi connectivity index (χ4v) is 3.95. The van der Waals surface area contributed by atoms with Crippen molar-refractivity contribution in [3.8, 4) is 0 Å². The molecule has 3 fully saturated rings. The van der Waals surface area contributed by atoms with Crippen LogP contribution in [0.15, 0.2) is 40.6 Å². The molecule has 1 aliphatic carbocycles. The summed E-state index contributed by atoms with van der Waals surface area (Å²) < 4.78 is 4.99. The van der Waals surface area contributed by atoms with Crippen LogP contribution in [0.4, 0.5) is 0 Å². The standard InChI is InChI=1S/C16H17N3O4/c1-22-15(21)16-11(9-17-18-16)12-7-8-13(16)19(23-12)14(20)10-5-3-2-4-6-10/h2-6,11-13H,7-9H2,1H3/t11-,12+,13-,16-/m1/s1. The second-order valence-corrected chi connectivity index (χ2v) is 6.08. The second kappa shape index (κ2) is 5.13. The highest BCUT2D eigenvalue weighted by Crippen LogP contribution is 2.50. The molecular weight excluding hydrogens is 298 g/mol. The highest BCUT2D eigenvalue weighted by Gasteiger charge is 2.67. The molecule has 0 spiro atoms. The van der Waals surface area contributed by atoms with E-state index in [1.807, 2.05) is 6.07 Å². The van der Waals surface area contributed by atoms with Gasteiger partial charge in [-0.05, 0) is 25.0 Å². The minimum absolute atomic E-state index is 0.159. The second-order valence-electron chi connectivity index (χ2n) is 6.08. The Labute approximate surface area is 133 Å². The first-order valence-electron chi connectivity index (χ1n) is 7.71. The van der Waals surface area contributed by atoms with Gasteiger partial charge in [0, 0.05) is 11.5 Å². The van der Waals surface area contributed by atoms with E-state index in [0.29, 0.717) is 18.5 Å². The first-order chi connectivity index (χ1) is 11.2. The fourth-order valence-electron chi connectivity index (χ4n) is 3.95. The fraction of sp³-hybridized carbons (Fsp3) is 0.500. The van der Waals surface area contributed by atoms with Crippen LogP contribution >= 0.6 is 0 Å². The third-order valence-electron chi connectivity index (χ3n) is 5.03. The van der Waals surface area contributed by atoms with Crippen LogP contribution < -0.4 is 0 Å². The number of esters is 1. The van der Waals surface area contributed by atoms with Crippen molar-refractivity contribution in [1.82, 2.24) is 5.06 Å². The molecule has 0 radical (unpaired) electrons. The number of hydrogen-bond acceptors (Lipinski definition) is 6. The average molecular weight is 315 g/mol. The molecular formula is C16H17N3O4. The number of hydroxylamine groups is 2. The first-order valence-corrected chi connectivity index (χ1v) is 7.71. The molecule has 3 heterocycles. The average Bonchev–Trinajstić information content (AvgIpc) is 3.09. The van der Waals surface area contributed by atoms with Crippen LogP contribution in [0.25, 0.3) is 0 Å². The van der Waals surface area contributed by atoms with Gasteiger partial charge in [-0.15, -0.1) is 0 Å². The van der Waals surface area contributed by atoms with Crippen molar-refractivity contribution in [1.29, 1.82) is 0 Å². The minimum atomic E-state index is -1.12. The zero-order valence-corrected chi connectivity index (χ0v) is 12.7. The Morgan fingerprint density at radius 3 is 2.83 bits per heavy atom. The number of hydrogen-bond donors (Lipinski definition) is 0. The monoisotopic (exact) mass is 315 g/mol. The molecule has 1 saturated carbocycles. The number of fused-ring (bicyclic) bond motifs is 2. The maximum Gasteiger partial charge on any atom is 0.338 e. The van der Waals surface area contributed by atoms with Crippen LogP contribution in [0.3, 0.4) is 0 Å². The lowest BCUT2D eigenvalue weighted by Crippen LogP contribution is -2.71. The molecule has 4 atom stereocenters. The number of benzene rings is 1. The molecule has 1 aromatic rings. The maximum absolute atomic E-state index is 12.8. The van der Waals surface area contributed by atoms with Crippen LogP contribution in [-0.2, 0) is 14.4 Å². The van der Waals surface area contributed by atoms with E-state index in [1.54, 1.807) is 24.3 Å². The number of ether oxygens (including phenoxy) is 1. The number of carbonyl (C=O) groups is 2. The van der Waals surface area contributed by atoms with E-state index in [4.69, 9.17) is 9.57 Å². The van der Waals surface area contributed by atoms with Crippen LogP contribution in [0.5, 0.6) is 0 Å². The van der Waals surface area contributed by atoms with Gasteiger partial charge in [0.2, 0.25) is 5.54 Å². The molecule has 4 aliphatic rings. The topological polar surface area (TPSA) is 80.6 Å². The van der Waals surface area contributed by atoms with Crippen LogP contribution in [-0.4, -0.2) is 48.3 Å². The minimum Gasteiger partial charge on any atom is -0.467 e. The number of rotatable bonds is 2. The molecule has 7 nitrogen and oxygen atoms in total. The van der Waals surface area contributed by atoms with Gasteiger partial charge in [0.25, 0.3) is 5.91 Å². The Morgan fingerprint density at radius 2 is 2.09 bits per heavy atom. The van der Waals surface area contributed by atoms with Crippen molar-refractivity contribution in [3.05, 3.63) is 35.9 Å². The Balaban J connectivity index is 1.73. The molecule has 2 saturated heterocycles. The van der Waals surface area contributed by atoms with Crippen molar-refractivity contribution < 1.29 is 19.2 Å². The Bertz CT molecular complexity index is 677. The molecule has 0 N–H and O–H groups in total. The lowest BCUT2D eigenvalue weighted by Gasteiger charge is -2.53. The molecule has 0 aromatic heterocycles. The number of azo groups is 1. The van der Waals surface area contributed by atoms with Gasteiger partial charge in [-0.3, -0.25) is 9.63 Å². The summed E-state index contributed by atoms with van der Waals surface area (Å²) in [5.74, 6) is -0.856. The lowest BCUT2D eigenvalue weighted by atomic mass is 9.67. The molecule has 1 amide bonds. The summed E-state index contributed by atoms with van der Waals surface area (Å²) in [4.78, 5) is 31.2. The maximum atomic E-state index is 12.8. The van der Waals surface area contributed by atoms with Crippen LogP contribution in [0, 0.1) is 5.92 Å². The van der Waals surface area contributed by atoms with Crippen molar-refractivity contribution in [2.75, 3.05) is 13.7 Å². The summed E-state index contributed by atoms with van der Waals surface area (Å²) >= 11 is 0. The van der Waals surface area contributed by atoms with Crippen molar-refractivity contribution in [3.63, 3.8) is 0 Å². The van der Waals surface area contributed by atoms with Crippen molar-refractivity contribution in [2.45, 2.75) is 30.5 Å². The molecule has 5 rings (SSSR count). The Kier molecular flexibility index (Phi) is 3.19. The third-order valence-corrected chi connectivity index (χ3v) is 5.03. The van der Waals surface area contributed by atoms with E-state index in [9.17, 15) is 9.59 Å². The normalized spacial score (nSPS) is 34.3. The predicted molar refractivity (Wildman–Crippen MR) is 78.5 cm³/mol. The van der Waals surface area contributed by atoms with E-state index in [-0.39, 0.29) is 17.9 Å². The van der Waals surface area contributed by atoms with Crippen LogP contribution in [0.1, 0.15) is 23.2 Å². The van der Waals surface area contributed by atoms with E-state index in [1.165, 1.54) is 12.2 Å². The molecule has 3 aliphatic heterocycles. The van der Waals surface area contributed by atoms with Gasteiger partial charge >= 0.3 is 5.97 Å². The highest BCUT2D eigenvalue weighted by molar-refractivity contribution is 5.95. The summed E-state index contributed by atoms with van der Waals surface area (Å²) in [6.07, 6.45) is 1.19. The SMILES string of the molecule is COC(=O)[C@@]12N=NC[C@@H]1[C@@H]1CC[C@H]2N(C(=O)c2ccccc2)O1. The van der Waals surface area contributed by atoms with Gasteiger partial charge < -0.3 is 4.74 Å². The van der Waals surface area contributed by atoms with Gasteiger partial charge in [-0.1, -0.05) is 18.2 Å². The summed E-state index contributed by atoms with van der Waals surface area (Å²) in [6.45, 7) is 0.434. The summed E-state index contributed by atoms with van der Waals surface area (Å²) in [5, 5.41) is 9.65. The number of amides is 1. The molecule has 1 aromatic carbocycles. The van der Waals surface area contributed by atoms with E-state index in [2.05, 4.69) is 10.2 Å². The van der Waals surface area contributed by atoms with Crippen molar-refractivity contribution >= 4 is 11.9 Å². The van der Waals surface area contributed by atoms with Gasteiger partial charge in [-0.25, -0.2) is 9.86 Å². The number of nitrogens with zero attached hydrogens (tertiary/aromatic N) is 3. The van der Waals surface area contributed by atoms with E-state index >= 15 is 0 Å². The molecule has 7 heteroatoms. The molecule has 0 unspecified atom stereocenters. The van der Waals surface area contributed by atoms with Gasteiger partial charge in [0.05, 0.1) is 25.8 Å². The Morgan fingerprint density at radius 1 is 1.30 bits per heavy atom. The third kappa shape index (κ3) is 1.86. The smallest absolute Gasteiger partial charge is 0.338 e. The zero-order chi connectivity index (χ0) is 16.0. The quantitative estimate of drug-likeness (QED) is 0.776. The largest absolute Gasteiger partial charge is 0.467 e. The van der Waals surface area contributed by atoms with Gasteiger partial charge in [0.15, 0.2) is 0 Å². The Hall–Kier alpha value is -2.28. The first kappa shape index (κ1) is 14.3. The van der Waals surface area contributed by atoms with Crippen LogP contribution in [0.2, 0.25) is 0 Å². The molecule has 120 valence electrons. The van der Waals surface area contributed by atoms with Gasteiger partial charge in [0.1, 0.15) is 0 Å². The summed E-state index contributed by atoms with van der Waals surface area (Å²) in [5.41, 5.74) is -0.605. The summed E-state index contributed by atoms with van der Waals surface area (Å²) in [7, 11) is 1.34. The van der Waals surface area contributed by atoms with E-state index in [0.717, 1.165) is 6.42 Å². The number of methoxy groups -OCH3 is 1. The predicted octanol–water partition coefficient (Wildman–Crippen LogP) is 1.60. The zero-order valence-electron chi connectivity index (χ0n) is 12.7. The number of carbonyl (C=O) groups excluding carboxylic acids is 2. The summed E-state index contributed by atoms with van der Waals surface area (Å²) in [6, 6.07) is 8.41. The van der Waals surface area contributed by atoms with Crippen molar-refractivity contribution in [2.24, 2.45) is 16.1 Å². The van der Waals surface area contributed by atoms with E-state index < -0.39 is 17.6 Å². The molecule has 23 heavy (non-hydrogen) atoms. The van der Waals surface area contributed by atoms with Gasteiger partial charge in [-0.2, -0.15) is 10.2 Å². The lowest BCUT2D eigenvalue weighted by molar-refractivity contribution is -0.281. The molecule has 2 bridgehead atoms.